The van der Waals surface area contributed by atoms with Crippen molar-refractivity contribution in [1.29, 1.82) is 0 Å². The normalized spacial score (nSPS) is 11.2. The molecule has 0 saturated carbocycles. The average molecular weight is 446 g/mol. The van der Waals surface area contributed by atoms with E-state index in [-0.39, 0.29) is 5.91 Å². The van der Waals surface area contributed by atoms with Crippen LogP contribution in [0.5, 0.6) is 0 Å². The predicted octanol–water partition coefficient (Wildman–Crippen LogP) is 3.31. The molecule has 0 bridgehead atoms. The summed E-state index contributed by atoms with van der Waals surface area (Å²) >= 11 is 3.09. The van der Waals surface area contributed by atoms with Gasteiger partial charge in [-0.15, -0.1) is 11.8 Å². The van der Waals surface area contributed by atoms with Gasteiger partial charge < -0.3 is 10.6 Å². The molecule has 0 aromatic carbocycles. The van der Waals surface area contributed by atoms with Crippen molar-refractivity contribution in [2.45, 2.75) is 37.4 Å². The lowest BCUT2D eigenvalue weighted by Crippen LogP contribution is -2.29. The Morgan fingerprint density at radius 3 is 2.73 bits per heavy atom. The van der Waals surface area contributed by atoms with E-state index in [9.17, 15) is 4.79 Å². The van der Waals surface area contributed by atoms with Gasteiger partial charge in [0.2, 0.25) is 5.91 Å². The van der Waals surface area contributed by atoms with E-state index in [1.807, 2.05) is 16.8 Å². The van der Waals surface area contributed by atoms with Crippen molar-refractivity contribution in [3.63, 3.8) is 0 Å². The van der Waals surface area contributed by atoms with Crippen LogP contribution in [0.25, 0.3) is 11.0 Å². The zero-order valence-electron chi connectivity index (χ0n) is 17.5. The van der Waals surface area contributed by atoms with E-state index in [4.69, 9.17) is 0 Å². The van der Waals surface area contributed by atoms with Crippen molar-refractivity contribution >= 4 is 46.3 Å². The van der Waals surface area contributed by atoms with Crippen LogP contribution >= 0.6 is 23.5 Å². The van der Waals surface area contributed by atoms with Crippen molar-refractivity contribution in [2.24, 2.45) is 5.92 Å². The number of carbonyl (C=O) groups excluding carboxylic acids is 1. The molecular formula is C20H27N7OS2. The average Bonchev–Trinajstić information content (AvgIpc) is 3.14. The highest BCUT2D eigenvalue weighted by molar-refractivity contribution is 8.00. The van der Waals surface area contributed by atoms with Gasteiger partial charge in [-0.1, -0.05) is 32.5 Å². The number of anilines is 1. The Morgan fingerprint density at radius 1 is 1.20 bits per heavy atom. The second-order valence-corrected chi connectivity index (χ2v) is 9.27. The smallest absolute Gasteiger partial charge is 0.230 e. The molecule has 0 fully saturated rings. The summed E-state index contributed by atoms with van der Waals surface area (Å²) in [6.07, 6.45) is 5.24. The highest BCUT2D eigenvalue weighted by Gasteiger charge is 2.13. The number of amides is 1. The molecule has 3 aromatic rings. The monoisotopic (exact) mass is 445 g/mol. The van der Waals surface area contributed by atoms with Crippen molar-refractivity contribution in [3.05, 3.63) is 30.7 Å². The van der Waals surface area contributed by atoms with E-state index in [1.54, 1.807) is 30.4 Å². The molecule has 0 aliphatic rings. The van der Waals surface area contributed by atoms with E-state index >= 15 is 0 Å². The van der Waals surface area contributed by atoms with Gasteiger partial charge in [-0.25, -0.2) is 14.6 Å². The molecule has 0 saturated heterocycles. The quantitative estimate of drug-likeness (QED) is 0.343. The number of fused-ring (bicyclic) bond motifs is 1. The van der Waals surface area contributed by atoms with E-state index in [0.29, 0.717) is 24.8 Å². The Bertz CT molecular complexity index is 962. The Kier molecular flexibility index (Phi) is 8.32. The maximum Gasteiger partial charge on any atom is 0.230 e. The van der Waals surface area contributed by atoms with Crippen LogP contribution < -0.4 is 10.6 Å². The molecule has 3 rings (SSSR count). The molecule has 30 heavy (non-hydrogen) atoms. The SMILES string of the molecule is CCSc1nc(NCC(C)C)c2cnn(CCNC(=O)CSc3ccncc3)c2n1. The number of hydrogen-bond donors (Lipinski definition) is 2. The number of thioether (sulfide) groups is 2. The fourth-order valence-electron chi connectivity index (χ4n) is 2.66. The Labute approximate surface area is 185 Å². The number of carbonyl (C=O) groups is 1. The molecule has 3 heterocycles. The molecule has 0 atom stereocenters. The van der Waals surface area contributed by atoms with Gasteiger partial charge in [-0.05, 0) is 23.8 Å². The van der Waals surface area contributed by atoms with Crippen LogP contribution in [0.3, 0.4) is 0 Å². The third kappa shape index (κ3) is 6.33. The molecule has 0 spiro atoms. The molecule has 160 valence electrons. The first-order valence-corrected chi connectivity index (χ1v) is 11.9. The summed E-state index contributed by atoms with van der Waals surface area (Å²) in [6.45, 7) is 8.26. The van der Waals surface area contributed by atoms with Gasteiger partial charge in [0.1, 0.15) is 5.82 Å². The van der Waals surface area contributed by atoms with Crippen molar-refractivity contribution in [2.75, 3.05) is 29.9 Å². The lowest BCUT2D eigenvalue weighted by atomic mass is 10.2. The van der Waals surface area contributed by atoms with Crippen molar-refractivity contribution < 1.29 is 4.79 Å². The first-order valence-electron chi connectivity index (χ1n) is 9.96. The standard InChI is InChI=1S/C20H27N7OS2/c1-4-29-20-25-18(23-11-14(2)3)16-12-24-27(19(16)26-20)10-9-22-17(28)13-30-15-5-7-21-8-6-15/h5-8,12,14H,4,9-11,13H2,1-3H3,(H,22,28)(H,23,25,26). The molecule has 0 unspecified atom stereocenters. The lowest BCUT2D eigenvalue weighted by molar-refractivity contribution is -0.118. The van der Waals surface area contributed by atoms with Gasteiger partial charge in [0.05, 0.1) is 23.9 Å². The minimum absolute atomic E-state index is 0.00980. The topological polar surface area (TPSA) is 97.6 Å². The second-order valence-electron chi connectivity index (χ2n) is 6.99. The minimum Gasteiger partial charge on any atom is -0.369 e. The largest absolute Gasteiger partial charge is 0.369 e. The van der Waals surface area contributed by atoms with Gasteiger partial charge in [0, 0.05) is 30.4 Å². The summed E-state index contributed by atoms with van der Waals surface area (Å²) in [5.41, 5.74) is 0.785. The molecule has 0 aliphatic carbocycles. The molecule has 8 nitrogen and oxygen atoms in total. The van der Waals surface area contributed by atoms with Gasteiger partial charge in [-0.2, -0.15) is 5.10 Å². The summed E-state index contributed by atoms with van der Waals surface area (Å²) in [5, 5.41) is 12.5. The maximum atomic E-state index is 12.1. The molecule has 0 radical (unpaired) electrons. The first-order chi connectivity index (χ1) is 14.6. The number of rotatable bonds is 11. The molecule has 10 heteroatoms. The molecular weight excluding hydrogens is 418 g/mol. The number of nitrogens with zero attached hydrogens (tertiary/aromatic N) is 5. The number of nitrogens with one attached hydrogen (secondary N) is 2. The van der Waals surface area contributed by atoms with Crippen molar-refractivity contribution in [3.8, 4) is 0 Å². The van der Waals surface area contributed by atoms with Crippen LogP contribution in [-0.4, -0.2) is 55.2 Å². The van der Waals surface area contributed by atoms with Crippen LogP contribution in [0.2, 0.25) is 0 Å². The minimum atomic E-state index is -0.00980. The van der Waals surface area contributed by atoms with Gasteiger partial charge in [0.15, 0.2) is 10.8 Å². The van der Waals surface area contributed by atoms with Crippen LogP contribution in [0, 0.1) is 5.92 Å². The first kappa shape index (κ1) is 22.4. The van der Waals surface area contributed by atoms with Crippen LogP contribution in [-0.2, 0) is 11.3 Å². The zero-order valence-corrected chi connectivity index (χ0v) is 19.1. The van der Waals surface area contributed by atoms with Gasteiger partial charge in [0.25, 0.3) is 0 Å². The highest BCUT2D eigenvalue weighted by Crippen LogP contribution is 2.24. The van der Waals surface area contributed by atoms with Crippen LogP contribution in [0.15, 0.2) is 40.8 Å². The highest BCUT2D eigenvalue weighted by atomic mass is 32.2. The summed E-state index contributed by atoms with van der Waals surface area (Å²) in [7, 11) is 0. The third-order valence-electron chi connectivity index (χ3n) is 4.09. The Morgan fingerprint density at radius 2 is 2.00 bits per heavy atom. The fourth-order valence-corrected chi connectivity index (χ4v) is 3.94. The number of pyridine rings is 1. The molecule has 0 aliphatic heterocycles. The number of aromatic nitrogens is 5. The summed E-state index contributed by atoms with van der Waals surface area (Å²) in [4.78, 5) is 26.5. The number of hydrogen-bond acceptors (Lipinski definition) is 8. The Balaban J connectivity index is 1.61. The van der Waals surface area contributed by atoms with Crippen LogP contribution in [0.4, 0.5) is 5.82 Å². The molecule has 2 N–H and O–H groups in total. The second kappa shape index (κ2) is 11.2. The lowest BCUT2D eigenvalue weighted by Gasteiger charge is -2.11. The predicted molar refractivity (Wildman–Crippen MR) is 123 cm³/mol. The van der Waals surface area contributed by atoms with E-state index in [0.717, 1.165) is 39.2 Å². The summed E-state index contributed by atoms with van der Waals surface area (Å²) in [5.74, 6) is 2.58. The summed E-state index contributed by atoms with van der Waals surface area (Å²) < 4.78 is 1.83. The van der Waals surface area contributed by atoms with Crippen molar-refractivity contribution in [1.82, 2.24) is 30.0 Å². The van der Waals surface area contributed by atoms with E-state index in [2.05, 4.69) is 51.5 Å². The zero-order chi connectivity index (χ0) is 21.3. The van der Waals surface area contributed by atoms with Crippen LogP contribution in [0.1, 0.15) is 20.8 Å². The molecule has 3 aromatic heterocycles. The third-order valence-corrected chi connectivity index (χ3v) is 5.83. The summed E-state index contributed by atoms with van der Waals surface area (Å²) in [6, 6.07) is 3.79. The van der Waals surface area contributed by atoms with Gasteiger partial charge in [-0.3, -0.25) is 9.78 Å². The maximum absolute atomic E-state index is 12.1. The van der Waals surface area contributed by atoms with Gasteiger partial charge >= 0.3 is 0 Å². The van der Waals surface area contributed by atoms with E-state index in [1.165, 1.54) is 11.8 Å². The Hall–Kier alpha value is -2.33. The molecule has 1 amide bonds. The van der Waals surface area contributed by atoms with E-state index < -0.39 is 0 Å². The fraction of sp³-hybridized carbons (Fsp3) is 0.450.